The largest absolute Gasteiger partial charge is 0.381 e. The van der Waals surface area contributed by atoms with Crippen LogP contribution in [-0.4, -0.2) is 34.7 Å². The van der Waals surface area contributed by atoms with Crippen LogP contribution >= 0.6 is 11.6 Å². The zero-order valence-electron chi connectivity index (χ0n) is 14.9. The van der Waals surface area contributed by atoms with Gasteiger partial charge in [0.25, 0.3) is 0 Å². The number of ether oxygens (including phenoxy) is 1. The predicted molar refractivity (Wildman–Crippen MR) is 108 cm³/mol. The van der Waals surface area contributed by atoms with E-state index in [0.717, 1.165) is 55.1 Å². The third kappa shape index (κ3) is 4.43. The van der Waals surface area contributed by atoms with Crippen molar-refractivity contribution >= 4 is 17.4 Å². The molecule has 0 spiro atoms. The maximum Gasteiger partial charge on any atom is 0.163 e. The number of hydrogen-bond donors (Lipinski definition) is 1. The number of anilines is 1. The van der Waals surface area contributed by atoms with Gasteiger partial charge in [-0.1, -0.05) is 23.7 Å². The Bertz CT molecular complexity index is 880. The molecule has 138 valence electrons. The number of pyridine rings is 1. The molecule has 0 aliphatic carbocycles. The van der Waals surface area contributed by atoms with Gasteiger partial charge >= 0.3 is 0 Å². The van der Waals surface area contributed by atoms with Gasteiger partial charge in [0.05, 0.1) is 0 Å². The molecular weight excluding hydrogens is 360 g/mol. The Kier molecular flexibility index (Phi) is 5.61. The number of nitrogens with one attached hydrogen (secondary N) is 1. The van der Waals surface area contributed by atoms with E-state index in [0.29, 0.717) is 16.8 Å². The summed E-state index contributed by atoms with van der Waals surface area (Å²) in [4.78, 5) is 13.5. The Morgan fingerprint density at radius 1 is 1.04 bits per heavy atom. The summed E-state index contributed by atoms with van der Waals surface area (Å²) in [5.74, 6) is 2.08. The second kappa shape index (κ2) is 8.46. The van der Waals surface area contributed by atoms with Crippen molar-refractivity contribution in [2.45, 2.75) is 12.8 Å². The van der Waals surface area contributed by atoms with Gasteiger partial charge in [0.2, 0.25) is 0 Å². The molecule has 1 saturated heterocycles. The first kappa shape index (κ1) is 17.9. The van der Waals surface area contributed by atoms with Crippen LogP contribution < -0.4 is 5.32 Å². The summed E-state index contributed by atoms with van der Waals surface area (Å²) in [5, 5.41) is 4.26. The van der Waals surface area contributed by atoms with Crippen LogP contribution in [0.15, 0.2) is 55.0 Å². The zero-order chi connectivity index (χ0) is 18.5. The minimum absolute atomic E-state index is 0.591. The normalized spacial score (nSPS) is 14.9. The molecule has 6 heteroatoms. The average molecular weight is 381 g/mol. The van der Waals surface area contributed by atoms with E-state index in [1.54, 1.807) is 12.4 Å². The molecule has 27 heavy (non-hydrogen) atoms. The van der Waals surface area contributed by atoms with Gasteiger partial charge < -0.3 is 10.1 Å². The van der Waals surface area contributed by atoms with Crippen LogP contribution in [0.2, 0.25) is 5.02 Å². The first-order valence-corrected chi connectivity index (χ1v) is 9.52. The molecule has 3 aromatic rings. The van der Waals surface area contributed by atoms with Crippen LogP contribution in [0.25, 0.3) is 22.5 Å². The van der Waals surface area contributed by atoms with E-state index in [-0.39, 0.29) is 0 Å². The number of rotatable bonds is 5. The lowest BCUT2D eigenvalue weighted by Gasteiger charge is -2.23. The molecule has 0 bridgehead atoms. The monoisotopic (exact) mass is 380 g/mol. The maximum atomic E-state index is 6.04. The molecule has 1 aliphatic rings. The lowest BCUT2D eigenvalue weighted by Crippen LogP contribution is -2.23. The van der Waals surface area contributed by atoms with E-state index >= 15 is 0 Å². The minimum atomic E-state index is 0.591. The fourth-order valence-electron chi connectivity index (χ4n) is 3.18. The van der Waals surface area contributed by atoms with Gasteiger partial charge in [0.15, 0.2) is 5.82 Å². The summed E-state index contributed by atoms with van der Waals surface area (Å²) in [7, 11) is 0. The van der Waals surface area contributed by atoms with Gasteiger partial charge in [-0.25, -0.2) is 9.97 Å². The Balaban J connectivity index is 1.65. The smallest absolute Gasteiger partial charge is 0.163 e. The molecule has 0 atom stereocenters. The van der Waals surface area contributed by atoms with Crippen molar-refractivity contribution in [1.29, 1.82) is 0 Å². The highest BCUT2D eigenvalue weighted by molar-refractivity contribution is 6.30. The molecule has 0 radical (unpaired) electrons. The quantitative estimate of drug-likeness (QED) is 0.695. The van der Waals surface area contributed by atoms with Crippen LogP contribution in [0, 0.1) is 5.92 Å². The fraction of sp³-hybridized carbons (Fsp3) is 0.286. The van der Waals surface area contributed by atoms with E-state index in [1.165, 1.54) is 0 Å². The molecule has 1 aromatic carbocycles. The molecule has 2 aromatic heterocycles. The summed E-state index contributed by atoms with van der Waals surface area (Å²) in [6.45, 7) is 2.54. The van der Waals surface area contributed by atoms with Crippen LogP contribution in [0.3, 0.4) is 0 Å². The fourth-order valence-corrected chi connectivity index (χ4v) is 3.31. The highest BCUT2D eigenvalue weighted by Gasteiger charge is 2.16. The SMILES string of the molecule is Clc1ccc(-c2cnc(-c3cccnc3)nc2NCC2CCOCC2)cc1. The summed E-state index contributed by atoms with van der Waals surface area (Å²) in [5.41, 5.74) is 2.90. The van der Waals surface area contributed by atoms with Crippen molar-refractivity contribution in [3.05, 3.63) is 60.0 Å². The maximum absolute atomic E-state index is 6.04. The second-order valence-corrected chi connectivity index (χ2v) is 7.08. The first-order chi connectivity index (χ1) is 13.3. The molecule has 0 saturated carbocycles. The number of benzene rings is 1. The lowest BCUT2D eigenvalue weighted by atomic mass is 10.0. The van der Waals surface area contributed by atoms with Crippen molar-refractivity contribution in [1.82, 2.24) is 15.0 Å². The number of halogens is 1. The Morgan fingerprint density at radius 3 is 2.59 bits per heavy atom. The van der Waals surface area contributed by atoms with E-state index in [4.69, 9.17) is 21.3 Å². The third-order valence-corrected chi connectivity index (χ3v) is 5.01. The van der Waals surface area contributed by atoms with Crippen molar-refractivity contribution in [3.63, 3.8) is 0 Å². The molecule has 0 unspecified atom stereocenters. The van der Waals surface area contributed by atoms with Gasteiger partial charge in [0.1, 0.15) is 5.82 Å². The van der Waals surface area contributed by atoms with Gasteiger partial charge in [-0.2, -0.15) is 0 Å². The molecule has 1 N–H and O–H groups in total. The summed E-state index contributed by atoms with van der Waals surface area (Å²) in [6, 6.07) is 11.6. The minimum Gasteiger partial charge on any atom is -0.381 e. The number of aromatic nitrogens is 3. The topological polar surface area (TPSA) is 59.9 Å². The Labute approximate surface area is 163 Å². The van der Waals surface area contributed by atoms with E-state index < -0.39 is 0 Å². The molecule has 1 aliphatic heterocycles. The summed E-state index contributed by atoms with van der Waals surface area (Å²) >= 11 is 6.04. The van der Waals surface area contributed by atoms with Gasteiger partial charge in [0, 0.05) is 54.5 Å². The second-order valence-electron chi connectivity index (χ2n) is 6.64. The van der Waals surface area contributed by atoms with Crippen LogP contribution in [0.4, 0.5) is 5.82 Å². The summed E-state index contributed by atoms with van der Waals surface area (Å²) in [6.07, 6.45) is 7.54. The van der Waals surface area contributed by atoms with Crippen LogP contribution in [0.1, 0.15) is 12.8 Å². The number of nitrogens with zero attached hydrogens (tertiary/aromatic N) is 3. The summed E-state index contributed by atoms with van der Waals surface area (Å²) < 4.78 is 5.46. The van der Waals surface area contributed by atoms with Gasteiger partial charge in [-0.3, -0.25) is 4.98 Å². The molecule has 5 nitrogen and oxygen atoms in total. The molecular formula is C21H21ClN4O. The average Bonchev–Trinajstić information content (AvgIpc) is 2.74. The third-order valence-electron chi connectivity index (χ3n) is 4.76. The standard InChI is InChI=1S/C21H21ClN4O/c22-18-5-3-16(4-6-18)19-14-25-20(17-2-1-9-23-13-17)26-21(19)24-12-15-7-10-27-11-8-15/h1-6,9,13-15H,7-8,10-12H2,(H,24,25,26). The Hall–Kier alpha value is -2.50. The first-order valence-electron chi connectivity index (χ1n) is 9.14. The molecule has 1 fully saturated rings. The Morgan fingerprint density at radius 2 is 1.85 bits per heavy atom. The van der Waals surface area contributed by atoms with E-state index in [2.05, 4.69) is 15.3 Å². The van der Waals surface area contributed by atoms with Crippen LogP contribution in [0.5, 0.6) is 0 Å². The van der Waals surface area contributed by atoms with Crippen molar-refractivity contribution in [2.75, 3.05) is 25.1 Å². The zero-order valence-corrected chi connectivity index (χ0v) is 15.7. The number of hydrogen-bond acceptors (Lipinski definition) is 5. The highest BCUT2D eigenvalue weighted by atomic mass is 35.5. The van der Waals surface area contributed by atoms with Crippen molar-refractivity contribution in [3.8, 4) is 22.5 Å². The van der Waals surface area contributed by atoms with E-state index in [1.807, 2.05) is 42.6 Å². The highest BCUT2D eigenvalue weighted by Crippen LogP contribution is 2.29. The van der Waals surface area contributed by atoms with Crippen LogP contribution in [-0.2, 0) is 4.74 Å². The predicted octanol–water partition coefficient (Wildman–Crippen LogP) is 4.70. The van der Waals surface area contributed by atoms with Gasteiger partial charge in [-0.05, 0) is 48.6 Å². The molecule has 4 rings (SSSR count). The molecule has 3 heterocycles. The lowest BCUT2D eigenvalue weighted by molar-refractivity contribution is 0.0699. The molecule has 0 amide bonds. The van der Waals surface area contributed by atoms with Crippen molar-refractivity contribution in [2.24, 2.45) is 5.92 Å². The van der Waals surface area contributed by atoms with Crippen molar-refractivity contribution < 1.29 is 4.74 Å². The van der Waals surface area contributed by atoms with Gasteiger partial charge in [-0.15, -0.1) is 0 Å². The van der Waals surface area contributed by atoms with E-state index in [9.17, 15) is 0 Å².